The average molecular weight is 254 g/mol. The molecule has 0 saturated carbocycles. The van der Waals surface area contributed by atoms with Crippen molar-refractivity contribution in [2.24, 2.45) is 0 Å². The molecule has 0 atom stereocenters. The highest BCUT2D eigenvalue weighted by atomic mass is 35.5. The number of hydrogen-bond donors (Lipinski definition) is 0. The second-order valence-corrected chi connectivity index (χ2v) is 4.00. The van der Waals surface area contributed by atoms with Crippen molar-refractivity contribution in [1.82, 2.24) is 4.98 Å². The molecule has 1 aromatic carbocycles. The van der Waals surface area contributed by atoms with Crippen LogP contribution in [0.4, 0.5) is 0 Å². The van der Waals surface area contributed by atoms with Gasteiger partial charge in [-0.2, -0.15) is 0 Å². The SMILES string of the molecule is COc1cc(Cl)c(-c2ccccn2)cc1Cl. The summed E-state index contributed by atoms with van der Waals surface area (Å²) in [5, 5.41) is 1.09. The minimum absolute atomic E-state index is 0.521. The maximum absolute atomic E-state index is 6.14. The van der Waals surface area contributed by atoms with Crippen LogP contribution >= 0.6 is 23.2 Å². The van der Waals surface area contributed by atoms with Gasteiger partial charge in [0.25, 0.3) is 0 Å². The lowest BCUT2D eigenvalue weighted by atomic mass is 10.1. The molecule has 1 heterocycles. The second kappa shape index (κ2) is 4.73. The Morgan fingerprint density at radius 1 is 1.12 bits per heavy atom. The largest absolute Gasteiger partial charge is 0.495 e. The molecule has 0 spiro atoms. The summed E-state index contributed by atoms with van der Waals surface area (Å²) < 4.78 is 5.08. The van der Waals surface area contributed by atoms with Gasteiger partial charge in [-0.25, -0.2) is 0 Å². The van der Waals surface area contributed by atoms with Gasteiger partial charge >= 0.3 is 0 Å². The van der Waals surface area contributed by atoms with Gasteiger partial charge in [-0.1, -0.05) is 29.3 Å². The maximum atomic E-state index is 6.14. The molecule has 2 rings (SSSR count). The Labute approximate surface area is 104 Å². The lowest BCUT2D eigenvalue weighted by Gasteiger charge is -2.08. The van der Waals surface area contributed by atoms with Gasteiger partial charge in [-0.15, -0.1) is 0 Å². The van der Waals surface area contributed by atoms with Crippen LogP contribution in [0.3, 0.4) is 0 Å². The van der Waals surface area contributed by atoms with Crippen LogP contribution in [0.1, 0.15) is 0 Å². The molecule has 1 aromatic heterocycles. The highest BCUT2D eigenvalue weighted by Crippen LogP contribution is 2.35. The minimum atomic E-state index is 0.521. The van der Waals surface area contributed by atoms with Crippen LogP contribution in [0.25, 0.3) is 11.3 Å². The Balaban J connectivity index is 2.55. The van der Waals surface area contributed by atoms with Crippen molar-refractivity contribution in [3.8, 4) is 17.0 Å². The fraction of sp³-hybridized carbons (Fsp3) is 0.0833. The van der Waals surface area contributed by atoms with Crippen LogP contribution in [-0.4, -0.2) is 12.1 Å². The lowest BCUT2D eigenvalue weighted by Crippen LogP contribution is -1.88. The van der Waals surface area contributed by atoms with E-state index >= 15 is 0 Å². The molecule has 0 unspecified atom stereocenters. The molecule has 0 fully saturated rings. The first-order valence-corrected chi connectivity index (χ1v) is 5.42. The second-order valence-electron chi connectivity index (χ2n) is 3.18. The summed E-state index contributed by atoms with van der Waals surface area (Å²) >= 11 is 12.2. The highest BCUT2D eigenvalue weighted by Gasteiger charge is 2.09. The van der Waals surface area contributed by atoms with Gasteiger partial charge in [0, 0.05) is 17.8 Å². The average Bonchev–Trinajstić information content (AvgIpc) is 2.32. The van der Waals surface area contributed by atoms with E-state index < -0.39 is 0 Å². The fourth-order valence-electron chi connectivity index (χ4n) is 1.40. The number of ether oxygens (including phenoxy) is 1. The maximum Gasteiger partial charge on any atom is 0.138 e. The summed E-state index contributed by atoms with van der Waals surface area (Å²) in [5.74, 6) is 0.561. The van der Waals surface area contributed by atoms with Crippen LogP contribution < -0.4 is 4.74 Å². The van der Waals surface area contributed by atoms with Gasteiger partial charge in [0.1, 0.15) is 5.75 Å². The Kier molecular flexibility index (Phi) is 3.32. The predicted molar refractivity (Wildman–Crippen MR) is 66.2 cm³/mol. The number of benzene rings is 1. The quantitative estimate of drug-likeness (QED) is 0.806. The summed E-state index contributed by atoms with van der Waals surface area (Å²) in [6.45, 7) is 0. The Morgan fingerprint density at radius 2 is 1.94 bits per heavy atom. The number of hydrogen-bond acceptors (Lipinski definition) is 2. The molecule has 2 nitrogen and oxygen atoms in total. The van der Waals surface area contributed by atoms with Crippen molar-refractivity contribution >= 4 is 23.2 Å². The predicted octanol–water partition coefficient (Wildman–Crippen LogP) is 4.06. The van der Waals surface area contributed by atoms with Crippen molar-refractivity contribution in [2.75, 3.05) is 7.11 Å². The van der Waals surface area contributed by atoms with E-state index in [2.05, 4.69) is 4.98 Å². The molecule has 0 bridgehead atoms. The third kappa shape index (κ3) is 2.13. The van der Waals surface area contributed by atoms with E-state index in [4.69, 9.17) is 27.9 Å². The molecule has 4 heteroatoms. The topological polar surface area (TPSA) is 22.1 Å². The summed E-state index contributed by atoms with van der Waals surface area (Å²) in [6, 6.07) is 9.07. The van der Waals surface area contributed by atoms with Gasteiger partial charge in [0.05, 0.1) is 22.8 Å². The van der Waals surface area contributed by atoms with Crippen molar-refractivity contribution < 1.29 is 4.74 Å². The third-order valence-corrected chi connectivity index (χ3v) is 2.79. The van der Waals surface area contributed by atoms with Crippen LogP contribution in [-0.2, 0) is 0 Å². The van der Waals surface area contributed by atoms with E-state index in [9.17, 15) is 0 Å². The molecule has 0 aliphatic rings. The first-order valence-electron chi connectivity index (χ1n) is 4.67. The van der Waals surface area contributed by atoms with Gasteiger partial charge < -0.3 is 4.74 Å². The zero-order valence-electron chi connectivity index (χ0n) is 8.58. The van der Waals surface area contributed by atoms with Crippen molar-refractivity contribution in [3.05, 3.63) is 46.6 Å². The third-order valence-electron chi connectivity index (χ3n) is 2.18. The summed E-state index contributed by atoms with van der Waals surface area (Å²) in [4.78, 5) is 4.22. The summed E-state index contributed by atoms with van der Waals surface area (Å²) in [5.41, 5.74) is 1.59. The molecular weight excluding hydrogens is 245 g/mol. The van der Waals surface area contributed by atoms with E-state index in [0.29, 0.717) is 15.8 Å². The van der Waals surface area contributed by atoms with Crippen LogP contribution in [0, 0.1) is 0 Å². The van der Waals surface area contributed by atoms with Gasteiger partial charge in [-0.05, 0) is 18.2 Å². The number of aromatic nitrogens is 1. The molecule has 0 radical (unpaired) electrons. The first kappa shape index (κ1) is 11.2. The zero-order valence-corrected chi connectivity index (χ0v) is 10.1. The van der Waals surface area contributed by atoms with Gasteiger partial charge in [0.2, 0.25) is 0 Å². The van der Waals surface area contributed by atoms with E-state index in [-0.39, 0.29) is 0 Å². The van der Waals surface area contributed by atoms with Crippen molar-refractivity contribution in [1.29, 1.82) is 0 Å². The molecule has 0 amide bonds. The minimum Gasteiger partial charge on any atom is -0.495 e. The van der Waals surface area contributed by atoms with E-state index in [1.807, 2.05) is 18.2 Å². The van der Waals surface area contributed by atoms with Crippen molar-refractivity contribution in [3.63, 3.8) is 0 Å². The fourth-order valence-corrected chi connectivity index (χ4v) is 1.89. The Bertz CT molecular complexity index is 500. The molecule has 0 aliphatic carbocycles. The van der Waals surface area contributed by atoms with Crippen LogP contribution in [0.5, 0.6) is 5.75 Å². The molecule has 0 N–H and O–H groups in total. The van der Waals surface area contributed by atoms with Gasteiger partial charge in [0.15, 0.2) is 0 Å². The molecule has 16 heavy (non-hydrogen) atoms. The van der Waals surface area contributed by atoms with E-state index in [1.54, 1.807) is 25.4 Å². The lowest BCUT2D eigenvalue weighted by molar-refractivity contribution is 0.415. The smallest absolute Gasteiger partial charge is 0.138 e. The number of nitrogens with zero attached hydrogens (tertiary/aromatic N) is 1. The van der Waals surface area contributed by atoms with Crippen LogP contribution in [0.15, 0.2) is 36.5 Å². The zero-order chi connectivity index (χ0) is 11.5. The molecule has 2 aromatic rings. The highest BCUT2D eigenvalue weighted by molar-refractivity contribution is 6.36. The first-order chi connectivity index (χ1) is 7.72. The summed E-state index contributed by atoms with van der Waals surface area (Å²) in [6.07, 6.45) is 1.71. The molecule has 82 valence electrons. The van der Waals surface area contributed by atoms with Crippen LogP contribution in [0.2, 0.25) is 10.0 Å². The summed E-state index contributed by atoms with van der Waals surface area (Å²) in [7, 11) is 1.55. The van der Waals surface area contributed by atoms with Gasteiger partial charge in [-0.3, -0.25) is 4.98 Å². The Morgan fingerprint density at radius 3 is 2.56 bits per heavy atom. The molecular formula is C12H9Cl2NO. The van der Waals surface area contributed by atoms with E-state index in [0.717, 1.165) is 11.3 Å². The van der Waals surface area contributed by atoms with Crippen molar-refractivity contribution in [2.45, 2.75) is 0 Å². The standard InChI is InChI=1S/C12H9Cl2NO/c1-16-12-7-9(13)8(6-10(12)14)11-4-2-3-5-15-11/h2-7H,1H3. The monoisotopic (exact) mass is 253 g/mol. The number of pyridine rings is 1. The number of halogens is 2. The van der Waals surface area contributed by atoms with E-state index in [1.165, 1.54) is 0 Å². The number of methoxy groups -OCH3 is 1. The Hall–Kier alpha value is -1.25. The normalized spacial score (nSPS) is 10.2. The molecule has 0 aliphatic heterocycles. The number of rotatable bonds is 2. The molecule has 0 saturated heterocycles.